The summed E-state index contributed by atoms with van der Waals surface area (Å²) < 4.78 is 0. The van der Waals surface area contributed by atoms with Crippen LogP contribution in [-0.4, -0.2) is 11.9 Å². The minimum absolute atomic E-state index is 0.323. The third kappa shape index (κ3) is 1.51. The third-order valence-electron chi connectivity index (χ3n) is 2.69. The summed E-state index contributed by atoms with van der Waals surface area (Å²) in [6.45, 7) is 2.94. The lowest BCUT2D eigenvalue weighted by molar-refractivity contribution is 0.0999. The van der Waals surface area contributed by atoms with Crippen LogP contribution in [0, 0.1) is 0 Å². The highest BCUT2D eigenvalue weighted by Crippen LogP contribution is 2.20. The van der Waals surface area contributed by atoms with Gasteiger partial charge in [0.2, 0.25) is 5.91 Å². The molecule has 74 valence electrons. The molecule has 0 aliphatic carbocycles. The van der Waals surface area contributed by atoms with E-state index < -0.39 is 0 Å². The summed E-state index contributed by atoms with van der Waals surface area (Å²) in [5.74, 6) is -0.323. The molecule has 1 aromatic rings. The molecule has 1 heterocycles. The topological polar surface area (TPSA) is 55.1 Å². The Morgan fingerprint density at radius 2 is 2.36 bits per heavy atom. The van der Waals surface area contributed by atoms with Gasteiger partial charge in [0.15, 0.2) is 0 Å². The predicted octanol–water partition coefficient (Wildman–Crippen LogP) is 0.820. The van der Waals surface area contributed by atoms with Gasteiger partial charge in [-0.05, 0) is 30.5 Å². The van der Waals surface area contributed by atoms with Crippen LogP contribution >= 0.6 is 0 Å². The molecular weight excluding hydrogens is 176 g/mol. The van der Waals surface area contributed by atoms with E-state index in [0.29, 0.717) is 11.6 Å². The number of primary amides is 1. The van der Waals surface area contributed by atoms with Gasteiger partial charge in [-0.25, -0.2) is 0 Å². The largest absolute Gasteiger partial charge is 0.366 e. The van der Waals surface area contributed by atoms with Crippen LogP contribution < -0.4 is 11.1 Å². The van der Waals surface area contributed by atoms with E-state index in [4.69, 9.17) is 5.73 Å². The zero-order chi connectivity index (χ0) is 10.1. The van der Waals surface area contributed by atoms with Crippen molar-refractivity contribution in [2.24, 2.45) is 5.73 Å². The fourth-order valence-corrected chi connectivity index (χ4v) is 1.93. The molecule has 0 aromatic heterocycles. The maximum absolute atomic E-state index is 11.2. The summed E-state index contributed by atoms with van der Waals surface area (Å²) in [7, 11) is 0. The van der Waals surface area contributed by atoms with Crippen molar-refractivity contribution in [1.29, 1.82) is 0 Å². The predicted molar refractivity (Wildman–Crippen MR) is 55.0 cm³/mol. The van der Waals surface area contributed by atoms with Crippen molar-refractivity contribution in [3.63, 3.8) is 0 Å². The van der Waals surface area contributed by atoms with Crippen LogP contribution in [0.15, 0.2) is 18.2 Å². The summed E-state index contributed by atoms with van der Waals surface area (Å²) in [4.78, 5) is 11.2. The molecule has 14 heavy (non-hydrogen) atoms. The number of nitrogens with two attached hydrogens (primary N) is 1. The van der Waals surface area contributed by atoms with E-state index >= 15 is 0 Å². The number of hydrogen-bond donors (Lipinski definition) is 2. The molecule has 1 aromatic carbocycles. The lowest BCUT2D eigenvalue weighted by Crippen LogP contribution is -2.34. The zero-order valence-electron chi connectivity index (χ0n) is 8.21. The van der Waals surface area contributed by atoms with Crippen molar-refractivity contribution in [3.05, 3.63) is 34.9 Å². The molecule has 3 heteroatoms. The van der Waals surface area contributed by atoms with Crippen molar-refractivity contribution in [3.8, 4) is 0 Å². The number of hydrogen-bond acceptors (Lipinski definition) is 2. The number of rotatable bonds is 1. The van der Waals surface area contributed by atoms with Gasteiger partial charge in [-0.1, -0.05) is 12.1 Å². The Labute approximate surface area is 83.3 Å². The second-order valence-corrected chi connectivity index (χ2v) is 3.79. The van der Waals surface area contributed by atoms with E-state index in [1.54, 1.807) is 6.07 Å². The SMILES string of the molecule is CC1Cc2c(cccc2C(N)=O)CN1. The van der Waals surface area contributed by atoms with Crippen LogP contribution in [0.25, 0.3) is 0 Å². The van der Waals surface area contributed by atoms with Crippen LogP contribution in [0.5, 0.6) is 0 Å². The van der Waals surface area contributed by atoms with Crippen LogP contribution in [0.2, 0.25) is 0 Å². The second kappa shape index (κ2) is 3.42. The number of carbonyl (C=O) groups excluding carboxylic acids is 1. The Kier molecular flexibility index (Phi) is 2.25. The first-order valence-electron chi connectivity index (χ1n) is 4.82. The van der Waals surface area contributed by atoms with Gasteiger partial charge in [0.25, 0.3) is 0 Å². The molecule has 3 nitrogen and oxygen atoms in total. The molecule has 1 aliphatic heterocycles. The maximum Gasteiger partial charge on any atom is 0.248 e. The quantitative estimate of drug-likeness (QED) is 0.688. The van der Waals surface area contributed by atoms with E-state index in [0.717, 1.165) is 18.5 Å². The Balaban J connectivity index is 2.48. The minimum atomic E-state index is -0.323. The molecule has 0 fully saturated rings. The van der Waals surface area contributed by atoms with Crippen molar-refractivity contribution in [1.82, 2.24) is 5.32 Å². The van der Waals surface area contributed by atoms with E-state index in [2.05, 4.69) is 12.2 Å². The normalized spacial score (nSPS) is 20.2. The molecule has 0 bridgehead atoms. The summed E-state index contributed by atoms with van der Waals surface area (Å²) in [6.07, 6.45) is 0.883. The Bertz CT molecular complexity index is 374. The van der Waals surface area contributed by atoms with Crippen LogP contribution in [0.3, 0.4) is 0 Å². The fraction of sp³-hybridized carbons (Fsp3) is 0.364. The molecule has 0 spiro atoms. The maximum atomic E-state index is 11.2. The zero-order valence-corrected chi connectivity index (χ0v) is 8.21. The van der Waals surface area contributed by atoms with E-state index in [9.17, 15) is 4.79 Å². The van der Waals surface area contributed by atoms with Gasteiger partial charge in [-0.3, -0.25) is 4.79 Å². The molecule has 1 unspecified atom stereocenters. The first-order chi connectivity index (χ1) is 6.68. The number of benzene rings is 1. The third-order valence-corrected chi connectivity index (χ3v) is 2.69. The molecule has 1 aliphatic rings. The number of fused-ring (bicyclic) bond motifs is 1. The average Bonchev–Trinajstić information content (AvgIpc) is 2.16. The van der Waals surface area contributed by atoms with Crippen molar-refractivity contribution < 1.29 is 4.79 Å². The monoisotopic (exact) mass is 190 g/mol. The molecule has 0 saturated carbocycles. The summed E-state index contributed by atoms with van der Waals surface area (Å²) in [6, 6.07) is 6.15. The molecule has 3 N–H and O–H groups in total. The van der Waals surface area contributed by atoms with Crippen LogP contribution in [0.4, 0.5) is 0 Å². The van der Waals surface area contributed by atoms with Crippen molar-refractivity contribution in [2.45, 2.75) is 25.9 Å². The second-order valence-electron chi connectivity index (χ2n) is 3.79. The van der Waals surface area contributed by atoms with Gasteiger partial charge < -0.3 is 11.1 Å². The Morgan fingerprint density at radius 3 is 3.07 bits per heavy atom. The first kappa shape index (κ1) is 9.21. The first-order valence-corrected chi connectivity index (χ1v) is 4.82. The lowest BCUT2D eigenvalue weighted by atomic mass is 9.92. The van der Waals surface area contributed by atoms with Gasteiger partial charge in [0.05, 0.1) is 0 Å². The van der Waals surface area contributed by atoms with E-state index in [1.165, 1.54) is 5.56 Å². The molecule has 2 rings (SSSR count). The highest BCUT2D eigenvalue weighted by atomic mass is 16.1. The van der Waals surface area contributed by atoms with E-state index in [1.807, 2.05) is 12.1 Å². The van der Waals surface area contributed by atoms with Gasteiger partial charge in [-0.2, -0.15) is 0 Å². The van der Waals surface area contributed by atoms with Gasteiger partial charge in [0, 0.05) is 18.2 Å². The molecular formula is C11H14N2O. The van der Waals surface area contributed by atoms with Crippen LogP contribution in [0.1, 0.15) is 28.4 Å². The number of amides is 1. The molecule has 1 atom stereocenters. The molecule has 0 radical (unpaired) electrons. The number of nitrogens with one attached hydrogen (secondary N) is 1. The number of carbonyl (C=O) groups is 1. The van der Waals surface area contributed by atoms with Crippen LogP contribution in [-0.2, 0) is 13.0 Å². The molecule has 0 saturated heterocycles. The minimum Gasteiger partial charge on any atom is -0.366 e. The van der Waals surface area contributed by atoms with Crippen molar-refractivity contribution in [2.75, 3.05) is 0 Å². The van der Waals surface area contributed by atoms with Gasteiger partial charge in [-0.15, -0.1) is 0 Å². The standard InChI is InChI=1S/C11H14N2O/c1-7-5-10-8(6-13-7)3-2-4-9(10)11(12)14/h2-4,7,13H,5-6H2,1H3,(H2,12,14). The summed E-state index contributed by atoms with van der Waals surface area (Å²) in [5.41, 5.74) is 8.31. The van der Waals surface area contributed by atoms with Gasteiger partial charge >= 0.3 is 0 Å². The Hall–Kier alpha value is -1.35. The molecule has 1 amide bonds. The van der Waals surface area contributed by atoms with Gasteiger partial charge in [0.1, 0.15) is 0 Å². The lowest BCUT2D eigenvalue weighted by Gasteiger charge is -2.24. The summed E-state index contributed by atoms with van der Waals surface area (Å²) >= 11 is 0. The average molecular weight is 190 g/mol. The smallest absolute Gasteiger partial charge is 0.248 e. The fourth-order valence-electron chi connectivity index (χ4n) is 1.93. The van der Waals surface area contributed by atoms with E-state index in [-0.39, 0.29) is 5.91 Å². The highest BCUT2D eigenvalue weighted by Gasteiger charge is 2.18. The highest BCUT2D eigenvalue weighted by molar-refractivity contribution is 5.94. The van der Waals surface area contributed by atoms with Crippen molar-refractivity contribution >= 4 is 5.91 Å². The summed E-state index contributed by atoms with van der Waals surface area (Å²) in [5, 5.41) is 3.35. The Morgan fingerprint density at radius 1 is 1.57 bits per heavy atom.